The van der Waals surface area contributed by atoms with Crippen molar-refractivity contribution in [1.29, 1.82) is 0 Å². The lowest BCUT2D eigenvalue weighted by Crippen LogP contribution is -2.49. The van der Waals surface area contributed by atoms with Crippen LogP contribution in [0.5, 0.6) is 0 Å². The lowest BCUT2D eigenvalue weighted by atomic mass is 9.73. The topological polar surface area (TPSA) is 45.7 Å². The third-order valence-electron chi connectivity index (χ3n) is 5.42. The molecule has 2 aliphatic rings. The second-order valence-electron chi connectivity index (χ2n) is 7.18. The molecule has 156 valence electrons. The molecule has 0 bridgehead atoms. The summed E-state index contributed by atoms with van der Waals surface area (Å²) < 4.78 is 45.0. The molecule has 2 N–H and O–H groups in total. The molecule has 1 aromatic carbocycles. The lowest BCUT2D eigenvalue weighted by molar-refractivity contribution is -0.137. The number of aliphatic imine (C=N–C) groups is 1. The third kappa shape index (κ3) is 5.62. The van der Waals surface area contributed by atoms with Gasteiger partial charge in [0.2, 0.25) is 0 Å². The molecule has 28 heavy (non-hydrogen) atoms. The number of nitrogens with zero attached hydrogens (tertiary/aromatic N) is 1. The molecule has 0 saturated carbocycles. The SMILES string of the molecule is CN=C(NCC1(c2cccc(C(F)(F)F)c2)CCOCC1)NC1CC=CC1.I. The summed E-state index contributed by atoms with van der Waals surface area (Å²) in [7, 11) is 1.71. The summed E-state index contributed by atoms with van der Waals surface area (Å²) >= 11 is 0. The Kier molecular flexibility index (Phi) is 8.18. The quantitative estimate of drug-likeness (QED) is 0.276. The first kappa shape index (κ1) is 23.0. The van der Waals surface area contributed by atoms with Crippen molar-refractivity contribution in [2.24, 2.45) is 4.99 Å². The van der Waals surface area contributed by atoms with Gasteiger partial charge in [-0.2, -0.15) is 13.2 Å². The first-order chi connectivity index (χ1) is 12.9. The van der Waals surface area contributed by atoms with Crippen LogP contribution in [0, 0.1) is 0 Å². The summed E-state index contributed by atoms with van der Waals surface area (Å²) in [6.45, 7) is 1.59. The van der Waals surface area contributed by atoms with Gasteiger partial charge in [-0.3, -0.25) is 4.99 Å². The number of alkyl halides is 3. The number of hydrogen-bond acceptors (Lipinski definition) is 2. The van der Waals surface area contributed by atoms with Crippen LogP contribution in [0.25, 0.3) is 0 Å². The number of rotatable bonds is 4. The molecular weight excluding hydrogens is 482 g/mol. The van der Waals surface area contributed by atoms with Gasteiger partial charge in [-0.05, 0) is 37.3 Å². The van der Waals surface area contributed by atoms with E-state index in [4.69, 9.17) is 4.74 Å². The van der Waals surface area contributed by atoms with E-state index in [9.17, 15) is 13.2 Å². The highest BCUT2D eigenvalue weighted by Gasteiger charge is 2.37. The van der Waals surface area contributed by atoms with E-state index in [0.29, 0.717) is 50.2 Å². The molecule has 1 fully saturated rings. The molecule has 3 rings (SSSR count). The summed E-state index contributed by atoms with van der Waals surface area (Å²) in [5.74, 6) is 0.682. The van der Waals surface area contributed by atoms with Crippen molar-refractivity contribution < 1.29 is 17.9 Å². The number of halogens is 4. The van der Waals surface area contributed by atoms with E-state index in [1.807, 2.05) is 0 Å². The van der Waals surface area contributed by atoms with E-state index in [-0.39, 0.29) is 24.0 Å². The maximum atomic E-state index is 13.2. The first-order valence-corrected chi connectivity index (χ1v) is 9.31. The van der Waals surface area contributed by atoms with Gasteiger partial charge in [0, 0.05) is 38.3 Å². The van der Waals surface area contributed by atoms with Crippen molar-refractivity contribution in [3.8, 4) is 0 Å². The van der Waals surface area contributed by atoms with E-state index in [1.54, 1.807) is 13.1 Å². The maximum Gasteiger partial charge on any atom is 0.416 e. The first-order valence-electron chi connectivity index (χ1n) is 9.31. The molecule has 1 heterocycles. The fourth-order valence-corrected chi connectivity index (χ4v) is 3.73. The van der Waals surface area contributed by atoms with E-state index in [0.717, 1.165) is 18.9 Å². The van der Waals surface area contributed by atoms with E-state index in [2.05, 4.69) is 27.8 Å². The minimum absolute atomic E-state index is 0. The molecule has 1 saturated heterocycles. The number of guanidine groups is 1. The predicted molar refractivity (Wildman–Crippen MR) is 115 cm³/mol. The van der Waals surface area contributed by atoms with Gasteiger partial charge in [-0.25, -0.2) is 0 Å². The van der Waals surface area contributed by atoms with Crippen molar-refractivity contribution >= 4 is 29.9 Å². The standard InChI is InChI=1S/C20H26F3N3O.HI/c1-24-18(26-17-7-2-3-8-17)25-14-19(9-11-27-12-10-19)15-5-4-6-16(13-15)20(21,22)23;/h2-6,13,17H,7-12,14H2,1H3,(H2,24,25,26);1H. The lowest BCUT2D eigenvalue weighted by Gasteiger charge is -2.38. The molecule has 0 amide bonds. The smallest absolute Gasteiger partial charge is 0.381 e. The van der Waals surface area contributed by atoms with Gasteiger partial charge in [-0.15, -0.1) is 24.0 Å². The van der Waals surface area contributed by atoms with Crippen LogP contribution in [-0.4, -0.2) is 38.8 Å². The average molecular weight is 509 g/mol. The highest BCUT2D eigenvalue weighted by Crippen LogP contribution is 2.37. The normalized spacial score (nSPS) is 19.9. The maximum absolute atomic E-state index is 13.2. The van der Waals surface area contributed by atoms with Crippen molar-refractivity contribution in [3.63, 3.8) is 0 Å². The molecule has 0 unspecified atom stereocenters. The molecule has 1 aliphatic carbocycles. The zero-order valence-electron chi connectivity index (χ0n) is 15.9. The molecular formula is C20H27F3IN3O. The van der Waals surface area contributed by atoms with Crippen molar-refractivity contribution in [2.75, 3.05) is 26.8 Å². The van der Waals surface area contributed by atoms with Gasteiger partial charge < -0.3 is 15.4 Å². The minimum atomic E-state index is -4.34. The zero-order valence-corrected chi connectivity index (χ0v) is 18.2. The van der Waals surface area contributed by atoms with Gasteiger partial charge >= 0.3 is 6.18 Å². The molecule has 0 spiro atoms. The van der Waals surface area contributed by atoms with Gasteiger partial charge in [0.15, 0.2) is 5.96 Å². The average Bonchev–Trinajstić information content (AvgIpc) is 3.18. The largest absolute Gasteiger partial charge is 0.416 e. The van der Waals surface area contributed by atoms with E-state index >= 15 is 0 Å². The van der Waals surface area contributed by atoms with Crippen LogP contribution in [0.1, 0.15) is 36.8 Å². The summed E-state index contributed by atoms with van der Waals surface area (Å²) in [5.41, 5.74) is -0.318. The Morgan fingerprint density at radius 2 is 1.89 bits per heavy atom. The van der Waals surface area contributed by atoms with Crippen LogP contribution >= 0.6 is 24.0 Å². The Hall–Kier alpha value is -1.29. The Labute approximate surface area is 181 Å². The minimum Gasteiger partial charge on any atom is -0.381 e. The van der Waals surface area contributed by atoms with E-state index in [1.165, 1.54) is 12.1 Å². The van der Waals surface area contributed by atoms with Crippen molar-refractivity contribution in [1.82, 2.24) is 10.6 Å². The Bertz CT molecular complexity index is 692. The van der Waals surface area contributed by atoms with Crippen LogP contribution in [0.15, 0.2) is 41.4 Å². The molecule has 0 radical (unpaired) electrons. The summed E-state index contributed by atoms with van der Waals surface area (Å²) in [4.78, 5) is 4.27. The van der Waals surface area contributed by atoms with Gasteiger partial charge in [0.25, 0.3) is 0 Å². The van der Waals surface area contributed by atoms with Crippen molar-refractivity contribution in [3.05, 3.63) is 47.5 Å². The summed E-state index contributed by atoms with van der Waals surface area (Å²) in [6, 6.07) is 6.00. The molecule has 8 heteroatoms. The predicted octanol–water partition coefficient (Wildman–Crippen LogP) is 4.26. The van der Waals surface area contributed by atoms with Crippen LogP contribution in [0.4, 0.5) is 13.2 Å². The van der Waals surface area contributed by atoms with Crippen LogP contribution in [0.3, 0.4) is 0 Å². The van der Waals surface area contributed by atoms with Crippen LogP contribution in [0.2, 0.25) is 0 Å². The molecule has 1 aliphatic heterocycles. The number of benzene rings is 1. The summed E-state index contributed by atoms with van der Waals surface area (Å²) in [6.07, 6.45) is 3.16. The monoisotopic (exact) mass is 509 g/mol. The van der Waals surface area contributed by atoms with Crippen molar-refractivity contribution in [2.45, 2.75) is 43.3 Å². The third-order valence-corrected chi connectivity index (χ3v) is 5.42. The molecule has 1 aromatic rings. The fourth-order valence-electron chi connectivity index (χ4n) is 3.73. The highest BCUT2D eigenvalue weighted by atomic mass is 127. The van der Waals surface area contributed by atoms with Gasteiger partial charge in [-0.1, -0.05) is 30.4 Å². The Balaban J connectivity index is 0.00000280. The van der Waals surface area contributed by atoms with E-state index < -0.39 is 17.2 Å². The molecule has 4 nitrogen and oxygen atoms in total. The molecule has 0 atom stereocenters. The Morgan fingerprint density at radius 1 is 1.21 bits per heavy atom. The second kappa shape index (κ2) is 9.96. The Morgan fingerprint density at radius 3 is 2.50 bits per heavy atom. The van der Waals surface area contributed by atoms with Crippen LogP contribution in [-0.2, 0) is 16.3 Å². The fraction of sp³-hybridized carbons (Fsp3) is 0.550. The zero-order chi connectivity index (χ0) is 19.3. The number of hydrogen-bond donors (Lipinski definition) is 2. The van der Waals surface area contributed by atoms with Gasteiger partial charge in [0.1, 0.15) is 0 Å². The molecule has 0 aromatic heterocycles. The second-order valence-corrected chi connectivity index (χ2v) is 7.18. The summed E-state index contributed by atoms with van der Waals surface area (Å²) in [5, 5.41) is 6.71. The number of nitrogens with one attached hydrogen (secondary N) is 2. The highest BCUT2D eigenvalue weighted by molar-refractivity contribution is 14.0. The number of ether oxygens (including phenoxy) is 1. The van der Waals surface area contributed by atoms with Crippen LogP contribution < -0.4 is 10.6 Å². The van der Waals surface area contributed by atoms with Gasteiger partial charge in [0.05, 0.1) is 5.56 Å².